The number of primary amides is 1. The maximum atomic E-state index is 11.8. The van der Waals surface area contributed by atoms with E-state index in [1.54, 1.807) is 0 Å². The molecule has 0 aliphatic carbocycles. The molecule has 1 rings (SSSR count). The van der Waals surface area contributed by atoms with Gasteiger partial charge >= 0.3 is 0 Å². The molecule has 0 saturated heterocycles. The van der Waals surface area contributed by atoms with Gasteiger partial charge in [0.05, 0.1) is 24.1 Å². The number of nitrogens with one attached hydrogen (secondary N) is 1. The molecular formula is C10H14F2N4O2. The van der Waals surface area contributed by atoms with Gasteiger partial charge in [-0.1, -0.05) is 0 Å². The molecule has 0 aliphatic heterocycles. The molecule has 18 heavy (non-hydrogen) atoms. The molecule has 5 N–H and O–H groups in total. The van der Waals surface area contributed by atoms with Gasteiger partial charge in [-0.25, -0.2) is 13.8 Å². The number of pyridine rings is 1. The lowest BCUT2D eigenvalue weighted by Gasteiger charge is -2.09. The lowest BCUT2D eigenvalue weighted by molar-refractivity contribution is 0.0215. The number of ether oxygens (including phenoxy) is 1. The Labute approximate surface area is 102 Å². The van der Waals surface area contributed by atoms with Gasteiger partial charge in [0.15, 0.2) is 0 Å². The Kier molecular flexibility index (Phi) is 5.25. The van der Waals surface area contributed by atoms with E-state index in [-0.39, 0.29) is 24.5 Å². The molecule has 0 spiro atoms. The van der Waals surface area contributed by atoms with E-state index in [0.29, 0.717) is 5.69 Å². The summed E-state index contributed by atoms with van der Waals surface area (Å²) in [5.74, 6) is -0.428. The van der Waals surface area contributed by atoms with Crippen LogP contribution in [0.2, 0.25) is 0 Å². The summed E-state index contributed by atoms with van der Waals surface area (Å²) in [5.41, 5.74) is 11.1. The second-order valence-corrected chi connectivity index (χ2v) is 3.42. The highest BCUT2D eigenvalue weighted by Crippen LogP contribution is 2.14. The van der Waals surface area contributed by atoms with Crippen LogP contribution >= 0.6 is 0 Å². The summed E-state index contributed by atoms with van der Waals surface area (Å²) in [5, 5.41) is 2.76. The average Bonchev–Trinajstić information content (AvgIpc) is 2.29. The Balaban J connectivity index is 2.49. The van der Waals surface area contributed by atoms with Crippen LogP contribution in [0.15, 0.2) is 12.3 Å². The van der Waals surface area contributed by atoms with E-state index < -0.39 is 18.9 Å². The molecule has 0 saturated carbocycles. The van der Waals surface area contributed by atoms with Gasteiger partial charge in [0.1, 0.15) is 12.4 Å². The van der Waals surface area contributed by atoms with Crippen molar-refractivity contribution in [3.05, 3.63) is 17.8 Å². The summed E-state index contributed by atoms with van der Waals surface area (Å²) in [4.78, 5) is 15.0. The van der Waals surface area contributed by atoms with E-state index in [4.69, 9.17) is 11.5 Å². The van der Waals surface area contributed by atoms with Crippen molar-refractivity contribution in [2.24, 2.45) is 5.73 Å². The van der Waals surface area contributed by atoms with E-state index in [0.717, 1.165) is 0 Å². The number of aromatic nitrogens is 1. The van der Waals surface area contributed by atoms with Crippen molar-refractivity contribution < 1.29 is 18.3 Å². The highest BCUT2D eigenvalue weighted by atomic mass is 19.3. The Morgan fingerprint density at radius 3 is 2.89 bits per heavy atom. The molecule has 0 fully saturated rings. The highest BCUT2D eigenvalue weighted by molar-refractivity contribution is 5.98. The third-order valence-corrected chi connectivity index (χ3v) is 1.96. The molecule has 0 aliphatic rings. The Morgan fingerprint density at radius 2 is 2.28 bits per heavy atom. The first kappa shape index (κ1) is 14.1. The highest BCUT2D eigenvalue weighted by Gasteiger charge is 2.09. The molecule has 100 valence electrons. The van der Waals surface area contributed by atoms with Gasteiger partial charge in [-0.05, 0) is 6.07 Å². The van der Waals surface area contributed by atoms with Crippen molar-refractivity contribution in [3.63, 3.8) is 0 Å². The monoisotopic (exact) mass is 260 g/mol. The van der Waals surface area contributed by atoms with Gasteiger partial charge in [0.2, 0.25) is 0 Å². The average molecular weight is 260 g/mol. The van der Waals surface area contributed by atoms with Crippen LogP contribution < -0.4 is 16.8 Å². The van der Waals surface area contributed by atoms with Gasteiger partial charge < -0.3 is 21.5 Å². The molecule has 0 radical (unpaired) electrons. The standard InChI is InChI=1S/C10H14F2N4O2/c11-8(12)5-18-2-1-15-10-7(9(14)17)3-6(13)4-16-10/h3-4,8H,1-2,5,13H2,(H2,14,17)(H,15,16). The first-order valence-corrected chi connectivity index (χ1v) is 5.15. The van der Waals surface area contributed by atoms with Crippen LogP contribution in [0.25, 0.3) is 0 Å². The van der Waals surface area contributed by atoms with Crippen LogP contribution in [0.4, 0.5) is 20.3 Å². The van der Waals surface area contributed by atoms with Gasteiger partial charge in [0, 0.05) is 6.54 Å². The summed E-state index contributed by atoms with van der Waals surface area (Å²) >= 11 is 0. The number of amides is 1. The van der Waals surface area contributed by atoms with E-state index in [1.165, 1.54) is 12.3 Å². The molecule has 0 bridgehead atoms. The molecular weight excluding hydrogens is 246 g/mol. The number of hydrogen-bond acceptors (Lipinski definition) is 5. The Bertz CT molecular complexity index is 415. The molecule has 1 aromatic rings. The van der Waals surface area contributed by atoms with Crippen LogP contribution in [0, 0.1) is 0 Å². The summed E-state index contributed by atoms with van der Waals surface area (Å²) < 4.78 is 28.2. The lowest BCUT2D eigenvalue weighted by atomic mass is 10.2. The van der Waals surface area contributed by atoms with E-state index in [1.807, 2.05) is 0 Å². The SMILES string of the molecule is NC(=O)c1cc(N)cnc1NCCOCC(F)F. The lowest BCUT2D eigenvalue weighted by Crippen LogP contribution is -2.19. The van der Waals surface area contributed by atoms with E-state index in [9.17, 15) is 13.6 Å². The smallest absolute Gasteiger partial charge is 0.261 e. The predicted octanol–water partition coefficient (Wildman–Crippen LogP) is 0.456. The quantitative estimate of drug-likeness (QED) is 0.618. The number of rotatable bonds is 7. The van der Waals surface area contributed by atoms with Crippen LogP contribution in [-0.4, -0.2) is 37.1 Å². The van der Waals surface area contributed by atoms with Crippen molar-refractivity contribution in [1.29, 1.82) is 0 Å². The van der Waals surface area contributed by atoms with Gasteiger partial charge in [-0.15, -0.1) is 0 Å². The molecule has 1 heterocycles. The van der Waals surface area contributed by atoms with Crippen molar-refractivity contribution in [1.82, 2.24) is 4.98 Å². The van der Waals surface area contributed by atoms with E-state index >= 15 is 0 Å². The number of nitrogens with two attached hydrogens (primary N) is 2. The number of hydrogen-bond donors (Lipinski definition) is 3. The number of anilines is 2. The fraction of sp³-hybridized carbons (Fsp3) is 0.400. The molecule has 1 aromatic heterocycles. The van der Waals surface area contributed by atoms with Gasteiger partial charge in [-0.2, -0.15) is 0 Å². The number of carbonyl (C=O) groups excluding carboxylic acids is 1. The number of alkyl halides is 2. The van der Waals surface area contributed by atoms with Crippen LogP contribution in [-0.2, 0) is 4.74 Å². The van der Waals surface area contributed by atoms with Crippen molar-refractivity contribution in [2.75, 3.05) is 30.8 Å². The van der Waals surface area contributed by atoms with Crippen LogP contribution in [0.5, 0.6) is 0 Å². The molecule has 0 aromatic carbocycles. The Morgan fingerprint density at radius 1 is 1.56 bits per heavy atom. The predicted molar refractivity (Wildman–Crippen MR) is 62.5 cm³/mol. The van der Waals surface area contributed by atoms with Gasteiger partial charge in [0.25, 0.3) is 12.3 Å². The Hall–Kier alpha value is -1.96. The zero-order valence-electron chi connectivity index (χ0n) is 9.53. The summed E-state index contributed by atoms with van der Waals surface area (Å²) in [6, 6.07) is 1.39. The van der Waals surface area contributed by atoms with Crippen molar-refractivity contribution in [3.8, 4) is 0 Å². The molecule has 8 heteroatoms. The second-order valence-electron chi connectivity index (χ2n) is 3.42. The number of nitrogens with zero attached hydrogens (tertiary/aromatic N) is 1. The maximum absolute atomic E-state index is 11.8. The molecule has 0 unspecified atom stereocenters. The fourth-order valence-electron chi connectivity index (χ4n) is 1.22. The molecule has 1 amide bonds. The zero-order valence-corrected chi connectivity index (χ0v) is 9.53. The molecule has 0 atom stereocenters. The topological polar surface area (TPSA) is 103 Å². The number of halogens is 2. The minimum atomic E-state index is -2.50. The van der Waals surface area contributed by atoms with E-state index in [2.05, 4.69) is 15.0 Å². The number of nitrogen functional groups attached to an aromatic ring is 1. The zero-order chi connectivity index (χ0) is 13.5. The molecule has 6 nitrogen and oxygen atoms in total. The third-order valence-electron chi connectivity index (χ3n) is 1.96. The normalized spacial score (nSPS) is 10.6. The minimum Gasteiger partial charge on any atom is -0.397 e. The second kappa shape index (κ2) is 6.70. The van der Waals surface area contributed by atoms with Crippen molar-refractivity contribution in [2.45, 2.75) is 6.43 Å². The minimum absolute atomic E-state index is 0.0641. The summed E-state index contributed by atoms with van der Waals surface area (Å²) in [7, 11) is 0. The number of carbonyl (C=O) groups is 1. The summed E-state index contributed by atoms with van der Waals surface area (Å²) in [6.07, 6.45) is -1.14. The maximum Gasteiger partial charge on any atom is 0.261 e. The van der Waals surface area contributed by atoms with Gasteiger partial charge in [-0.3, -0.25) is 4.79 Å². The first-order valence-electron chi connectivity index (χ1n) is 5.15. The fourth-order valence-corrected chi connectivity index (χ4v) is 1.22. The van der Waals surface area contributed by atoms with Crippen molar-refractivity contribution >= 4 is 17.4 Å². The third kappa shape index (κ3) is 4.50. The van der Waals surface area contributed by atoms with Crippen LogP contribution in [0.3, 0.4) is 0 Å². The summed E-state index contributed by atoms with van der Waals surface area (Å²) in [6.45, 7) is -0.335. The largest absolute Gasteiger partial charge is 0.397 e. The first-order chi connectivity index (χ1) is 8.50. The van der Waals surface area contributed by atoms with Crippen LogP contribution in [0.1, 0.15) is 10.4 Å².